The van der Waals surface area contributed by atoms with Crippen LogP contribution >= 0.6 is 0 Å². The van der Waals surface area contributed by atoms with Crippen molar-refractivity contribution in [2.24, 2.45) is 5.92 Å². The van der Waals surface area contributed by atoms with Crippen LogP contribution in [0, 0.1) is 18.7 Å². The Morgan fingerprint density at radius 2 is 2.12 bits per heavy atom. The van der Waals surface area contributed by atoms with E-state index in [9.17, 15) is 18.0 Å². The summed E-state index contributed by atoms with van der Waals surface area (Å²) in [7, 11) is 0. The predicted molar refractivity (Wildman–Crippen MR) is 81.8 cm³/mol. The first-order valence-corrected chi connectivity index (χ1v) is 7.67. The molecule has 0 aliphatic heterocycles. The minimum Gasteiger partial charge on any atom is -0.309 e. The fourth-order valence-corrected chi connectivity index (χ4v) is 2.88. The maximum Gasteiger partial charge on any atom is 0.249 e. The summed E-state index contributed by atoms with van der Waals surface area (Å²) in [6, 6.07) is 1.27. The lowest BCUT2D eigenvalue weighted by molar-refractivity contribution is -0.147. The zero-order chi connectivity index (χ0) is 17.5. The Balaban J connectivity index is 1.86. The zero-order valence-corrected chi connectivity index (χ0v) is 13.3. The van der Waals surface area contributed by atoms with Gasteiger partial charge in [0.25, 0.3) is 0 Å². The third-order valence-electron chi connectivity index (χ3n) is 4.14. The third kappa shape index (κ3) is 3.00. The van der Waals surface area contributed by atoms with Crippen molar-refractivity contribution in [3.8, 4) is 5.69 Å². The summed E-state index contributed by atoms with van der Waals surface area (Å²) in [5.41, 5.74) is 1.51. The number of carbonyl (C=O) groups is 1. The fourth-order valence-electron chi connectivity index (χ4n) is 2.88. The Hall–Kier alpha value is -2.38. The van der Waals surface area contributed by atoms with Gasteiger partial charge in [-0.05, 0) is 13.8 Å². The van der Waals surface area contributed by atoms with Gasteiger partial charge in [-0.25, -0.2) is 17.9 Å². The highest BCUT2D eigenvalue weighted by Gasteiger charge is 2.50. The highest BCUT2D eigenvalue weighted by molar-refractivity contribution is 5.96. The molecule has 0 radical (unpaired) electrons. The molecule has 0 saturated heterocycles. The largest absolute Gasteiger partial charge is 0.309 e. The minimum atomic E-state index is -2.74. The van der Waals surface area contributed by atoms with E-state index in [1.807, 2.05) is 0 Å². The number of aromatic nitrogens is 3. The first-order valence-electron chi connectivity index (χ1n) is 7.67. The number of amides is 1. The number of nitrogens with zero attached hydrogens (tertiary/aromatic N) is 4. The van der Waals surface area contributed by atoms with Gasteiger partial charge in [-0.2, -0.15) is 5.10 Å². The van der Waals surface area contributed by atoms with Crippen LogP contribution in [0.4, 0.5) is 18.9 Å². The van der Waals surface area contributed by atoms with Crippen molar-refractivity contribution in [3.05, 3.63) is 36.2 Å². The number of rotatable bonds is 4. The number of carbonyl (C=O) groups excluding carboxylic acids is 1. The molecule has 5 nitrogen and oxygen atoms in total. The number of anilines is 1. The van der Waals surface area contributed by atoms with Crippen molar-refractivity contribution in [1.82, 2.24) is 14.8 Å². The molecular formula is C16H17F3N4O. The van der Waals surface area contributed by atoms with Gasteiger partial charge in [0.05, 0.1) is 35.7 Å². The van der Waals surface area contributed by atoms with E-state index in [-0.39, 0.29) is 5.91 Å². The van der Waals surface area contributed by atoms with Crippen LogP contribution in [0.3, 0.4) is 0 Å². The molecule has 0 bridgehead atoms. The average Bonchev–Trinajstić information content (AvgIpc) is 2.87. The maximum absolute atomic E-state index is 13.3. The fraction of sp³-hybridized carbons (Fsp3) is 0.438. The van der Waals surface area contributed by atoms with Crippen molar-refractivity contribution in [2.45, 2.75) is 32.6 Å². The van der Waals surface area contributed by atoms with E-state index >= 15 is 0 Å². The van der Waals surface area contributed by atoms with Crippen LogP contribution in [0.25, 0.3) is 5.69 Å². The Morgan fingerprint density at radius 3 is 2.71 bits per heavy atom. The number of aryl methyl sites for hydroxylation is 1. The normalized spacial score (nSPS) is 16.7. The van der Waals surface area contributed by atoms with Crippen LogP contribution in [0.2, 0.25) is 0 Å². The quantitative estimate of drug-likeness (QED) is 0.861. The number of hydrogen-bond donors (Lipinski definition) is 0. The van der Waals surface area contributed by atoms with Crippen LogP contribution in [0.15, 0.2) is 24.7 Å². The zero-order valence-electron chi connectivity index (χ0n) is 13.3. The van der Waals surface area contributed by atoms with E-state index in [0.717, 1.165) is 6.20 Å². The SMILES string of the molecule is CCN(C(=O)C1CC(F)(F)C1)c1cn(-c2cncc(F)c2)nc1C. The van der Waals surface area contributed by atoms with Gasteiger partial charge in [0.1, 0.15) is 5.82 Å². The maximum atomic E-state index is 13.3. The van der Waals surface area contributed by atoms with Crippen molar-refractivity contribution in [2.75, 3.05) is 11.4 Å². The second kappa shape index (κ2) is 5.92. The second-order valence-corrected chi connectivity index (χ2v) is 5.95. The van der Waals surface area contributed by atoms with Gasteiger partial charge in [0.2, 0.25) is 11.8 Å². The Labute approximate surface area is 137 Å². The molecule has 1 aliphatic rings. The lowest BCUT2D eigenvalue weighted by Gasteiger charge is -2.36. The monoisotopic (exact) mass is 338 g/mol. The number of halogens is 3. The third-order valence-corrected chi connectivity index (χ3v) is 4.14. The molecule has 2 aromatic heterocycles. The van der Waals surface area contributed by atoms with Crippen LogP contribution in [0.1, 0.15) is 25.5 Å². The predicted octanol–water partition coefficient (Wildman–Crippen LogP) is 3.11. The van der Waals surface area contributed by atoms with E-state index in [1.165, 1.54) is 21.8 Å². The molecule has 128 valence electrons. The van der Waals surface area contributed by atoms with Gasteiger partial charge < -0.3 is 4.90 Å². The highest BCUT2D eigenvalue weighted by atomic mass is 19.3. The van der Waals surface area contributed by atoms with Crippen molar-refractivity contribution in [1.29, 1.82) is 0 Å². The number of pyridine rings is 1. The molecular weight excluding hydrogens is 321 g/mol. The lowest BCUT2D eigenvalue weighted by atomic mass is 9.80. The highest BCUT2D eigenvalue weighted by Crippen LogP contribution is 2.43. The standard InChI is InChI=1S/C16H17F3N4O/c1-3-22(15(24)11-5-16(18,19)6-11)14-9-23(21-10(14)2)13-4-12(17)7-20-8-13/h4,7-9,11H,3,5-6H2,1-2H3. The van der Waals surface area contributed by atoms with Gasteiger partial charge in [0, 0.05) is 31.4 Å². The molecule has 1 saturated carbocycles. The molecule has 24 heavy (non-hydrogen) atoms. The topological polar surface area (TPSA) is 51.0 Å². The molecule has 0 spiro atoms. The van der Waals surface area contributed by atoms with E-state index in [0.29, 0.717) is 23.6 Å². The van der Waals surface area contributed by atoms with Crippen LogP contribution < -0.4 is 4.90 Å². The molecule has 1 aliphatic carbocycles. The molecule has 8 heteroatoms. The number of hydrogen-bond acceptors (Lipinski definition) is 3. The molecule has 2 heterocycles. The van der Waals surface area contributed by atoms with Crippen LogP contribution in [-0.2, 0) is 4.79 Å². The van der Waals surface area contributed by atoms with Gasteiger partial charge >= 0.3 is 0 Å². The first-order chi connectivity index (χ1) is 11.3. The molecule has 1 amide bonds. The summed E-state index contributed by atoms with van der Waals surface area (Å²) in [6.07, 6.45) is 3.29. The van der Waals surface area contributed by atoms with Gasteiger partial charge in [0.15, 0.2) is 0 Å². The van der Waals surface area contributed by atoms with Crippen molar-refractivity contribution < 1.29 is 18.0 Å². The van der Waals surface area contributed by atoms with E-state index in [4.69, 9.17) is 0 Å². The van der Waals surface area contributed by atoms with E-state index in [2.05, 4.69) is 10.1 Å². The Bertz CT molecular complexity index is 766. The number of alkyl halides is 2. The summed E-state index contributed by atoms with van der Waals surface area (Å²) < 4.78 is 40.8. The second-order valence-electron chi connectivity index (χ2n) is 5.95. The lowest BCUT2D eigenvalue weighted by Crippen LogP contribution is -2.47. The molecule has 0 N–H and O–H groups in total. The summed E-state index contributed by atoms with van der Waals surface area (Å²) in [6.45, 7) is 3.83. The summed E-state index contributed by atoms with van der Waals surface area (Å²) >= 11 is 0. The van der Waals surface area contributed by atoms with Gasteiger partial charge in [-0.1, -0.05) is 0 Å². The van der Waals surface area contributed by atoms with Gasteiger partial charge in [-0.15, -0.1) is 0 Å². The molecule has 0 unspecified atom stereocenters. The molecule has 2 aromatic rings. The van der Waals surface area contributed by atoms with Crippen LogP contribution in [-0.4, -0.2) is 33.1 Å². The minimum absolute atomic E-state index is 0.330. The molecule has 1 fully saturated rings. The molecule has 0 aromatic carbocycles. The average molecular weight is 338 g/mol. The summed E-state index contributed by atoms with van der Waals surface area (Å²) in [5, 5.41) is 4.27. The van der Waals surface area contributed by atoms with E-state index < -0.39 is 30.5 Å². The molecule has 0 atom stereocenters. The van der Waals surface area contributed by atoms with E-state index in [1.54, 1.807) is 20.0 Å². The smallest absolute Gasteiger partial charge is 0.249 e. The van der Waals surface area contributed by atoms with Crippen molar-refractivity contribution in [3.63, 3.8) is 0 Å². The first kappa shape index (κ1) is 16.5. The summed E-state index contributed by atoms with van der Waals surface area (Å²) in [5.74, 6) is -4.24. The Morgan fingerprint density at radius 1 is 1.42 bits per heavy atom. The van der Waals surface area contributed by atoms with Crippen LogP contribution in [0.5, 0.6) is 0 Å². The summed E-state index contributed by atoms with van der Waals surface area (Å²) in [4.78, 5) is 17.7. The Kier molecular flexibility index (Phi) is 4.06. The molecule has 3 rings (SSSR count). The van der Waals surface area contributed by atoms with Gasteiger partial charge in [-0.3, -0.25) is 9.78 Å². The van der Waals surface area contributed by atoms with Crippen molar-refractivity contribution >= 4 is 11.6 Å².